The smallest absolute Gasteiger partial charge is 0.430 e. The van der Waals surface area contributed by atoms with Crippen molar-refractivity contribution in [2.45, 2.75) is 26.2 Å². The van der Waals surface area contributed by atoms with E-state index in [1.165, 1.54) is 36.0 Å². The molecule has 0 atom stereocenters. The molecule has 0 amide bonds. The lowest BCUT2D eigenvalue weighted by Crippen LogP contribution is -1.84. The van der Waals surface area contributed by atoms with Gasteiger partial charge in [0.1, 0.15) is 0 Å². The van der Waals surface area contributed by atoms with Gasteiger partial charge in [-0.3, -0.25) is 0 Å². The lowest BCUT2D eigenvalue weighted by atomic mass is 10.0. The van der Waals surface area contributed by atoms with E-state index in [9.17, 15) is 0 Å². The van der Waals surface area contributed by atoms with E-state index >= 15 is 0 Å². The fraction of sp³-hybridized carbons (Fsp3) is 0.250. The molecule has 0 heterocycles. The van der Waals surface area contributed by atoms with Crippen molar-refractivity contribution >= 4 is 7.69 Å². The van der Waals surface area contributed by atoms with E-state index in [0.717, 1.165) is 0 Å². The molecule has 19 heavy (non-hydrogen) atoms. The Hall–Kier alpha value is -1.58. The third kappa shape index (κ3) is 5.73. The van der Waals surface area contributed by atoms with Crippen LogP contribution >= 0.6 is 0 Å². The lowest BCUT2D eigenvalue weighted by Gasteiger charge is -2.03. The molecule has 0 aliphatic rings. The number of benzene rings is 2. The maximum absolute atomic E-state index is 7.12. The van der Waals surface area contributed by atoms with E-state index < -0.39 is 7.69 Å². The molecule has 0 spiro atoms. The van der Waals surface area contributed by atoms with Crippen molar-refractivity contribution in [3.05, 3.63) is 60.2 Å². The van der Waals surface area contributed by atoms with Crippen LogP contribution in [0.4, 0.5) is 0 Å². The zero-order chi connectivity index (χ0) is 13.9. The molecule has 0 aliphatic heterocycles. The van der Waals surface area contributed by atoms with Crippen molar-refractivity contribution in [2.75, 3.05) is 0 Å². The Labute approximate surface area is 116 Å². The summed E-state index contributed by atoms with van der Waals surface area (Å²) < 4.78 is 0. The van der Waals surface area contributed by atoms with Crippen molar-refractivity contribution in [2.24, 2.45) is 0 Å². The van der Waals surface area contributed by atoms with E-state index in [1.807, 2.05) is 0 Å². The van der Waals surface area contributed by atoms with Crippen LogP contribution < -0.4 is 0 Å². The number of unbranched alkanes of at least 4 members (excludes halogenated alkanes) is 1. The summed E-state index contributed by atoms with van der Waals surface area (Å²) in [6, 6.07) is 19.5. The highest BCUT2D eigenvalue weighted by molar-refractivity contribution is 6.13. The summed E-state index contributed by atoms with van der Waals surface area (Å²) in [6.45, 7) is 2.23. The summed E-state index contributed by atoms with van der Waals surface area (Å²) >= 11 is 0. The van der Waals surface area contributed by atoms with Gasteiger partial charge in [-0.25, -0.2) is 0 Å². The van der Waals surface area contributed by atoms with Crippen molar-refractivity contribution in [1.82, 2.24) is 0 Å². The molecule has 2 rings (SSSR count). The van der Waals surface area contributed by atoms with Crippen LogP contribution in [-0.4, -0.2) is 17.7 Å². The van der Waals surface area contributed by atoms with Gasteiger partial charge in [-0.15, -0.1) is 0 Å². The summed E-state index contributed by atoms with van der Waals surface area (Å²) in [6.07, 6.45) is 3.75. The highest BCUT2D eigenvalue weighted by atomic mass is 16.4. The monoisotopic (exact) mass is 256 g/mol. The number of hydrogen-bond acceptors (Lipinski definition) is 2. The summed E-state index contributed by atoms with van der Waals surface area (Å²) in [5, 5.41) is 14.2. The van der Waals surface area contributed by atoms with Gasteiger partial charge < -0.3 is 10.0 Å². The molecule has 0 saturated heterocycles. The molecule has 3 heteroatoms. The Morgan fingerprint density at radius 3 is 1.89 bits per heavy atom. The molecule has 0 aliphatic carbocycles. The molecule has 2 aromatic carbocycles. The summed E-state index contributed by atoms with van der Waals surface area (Å²) in [4.78, 5) is 0. The fourth-order valence-corrected chi connectivity index (χ4v) is 1.88. The first-order chi connectivity index (χ1) is 9.31. The minimum Gasteiger partial charge on any atom is -0.430 e. The lowest BCUT2D eigenvalue weighted by molar-refractivity contribution is 0.448. The van der Waals surface area contributed by atoms with Crippen molar-refractivity contribution < 1.29 is 10.0 Å². The molecular formula is C16H21BO2. The van der Waals surface area contributed by atoms with Crippen LogP contribution in [0.5, 0.6) is 0 Å². The van der Waals surface area contributed by atoms with Gasteiger partial charge in [-0.05, 0) is 29.5 Å². The molecule has 2 aromatic rings. The van der Waals surface area contributed by atoms with Gasteiger partial charge in [-0.1, -0.05) is 67.9 Å². The van der Waals surface area contributed by atoms with E-state index in [2.05, 4.69) is 61.5 Å². The van der Waals surface area contributed by atoms with Crippen LogP contribution in [0.15, 0.2) is 54.6 Å². The molecule has 0 aromatic heterocycles. The first kappa shape index (κ1) is 15.5. The average molecular weight is 256 g/mol. The van der Waals surface area contributed by atoms with E-state index in [1.54, 1.807) is 0 Å². The molecule has 2 nitrogen and oxygen atoms in total. The molecule has 0 saturated carbocycles. The highest BCUT2D eigenvalue weighted by Gasteiger charge is 1.96. The van der Waals surface area contributed by atoms with Crippen molar-refractivity contribution in [1.29, 1.82) is 0 Å². The third-order valence-corrected chi connectivity index (χ3v) is 2.88. The Kier molecular flexibility index (Phi) is 7.63. The topological polar surface area (TPSA) is 40.5 Å². The normalized spacial score (nSPS) is 9.42. The molecular weight excluding hydrogens is 235 g/mol. The Balaban J connectivity index is 0.000000550. The number of aryl methyl sites for hydroxylation is 1. The van der Waals surface area contributed by atoms with E-state index in [0.29, 0.717) is 0 Å². The minimum absolute atomic E-state index is 0.750. The van der Waals surface area contributed by atoms with Crippen LogP contribution in [0, 0.1) is 0 Å². The van der Waals surface area contributed by atoms with E-state index in [4.69, 9.17) is 10.0 Å². The van der Waals surface area contributed by atoms with Gasteiger partial charge in [0.2, 0.25) is 0 Å². The molecule has 100 valence electrons. The van der Waals surface area contributed by atoms with Crippen LogP contribution in [0.2, 0.25) is 0 Å². The molecule has 0 fully saturated rings. The minimum atomic E-state index is -0.750. The van der Waals surface area contributed by atoms with Gasteiger partial charge in [0, 0.05) is 0 Å². The van der Waals surface area contributed by atoms with Gasteiger partial charge in [0.05, 0.1) is 0 Å². The third-order valence-electron chi connectivity index (χ3n) is 2.88. The standard InChI is InChI=1S/C16H18.BH3O2/c1-2-3-7-14-10-12-16(13-11-14)15-8-5-4-6-9-15;2-1-3/h4-6,8-13H,2-3,7H2,1H3;1-3H. The number of hydrogen-bond donors (Lipinski definition) is 2. The summed E-state index contributed by atoms with van der Waals surface area (Å²) in [5.74, 6) is 0. The Morgan fingerprint density at radius 2 is 1.37 bits per heavy atom. The van der Waals surface area contributed by atoms with Crippen LogP contribution in [0.25, 0.3) is 11.1 Å². The quantitative estimate of drug-likeness (QED) is 0.826. The maximum atomic E-state index is 7.12. The summed E-state index contributed by atoms with van der Waals surface area (Å²) in [7, 11) is -0.750. The summed E-state index contributed by atoms with van der Waals surface area (Å²) in [5.41, 5.74) is 4.05. The number of rotatable bonds is 4. The predicted molar refractivity (Wildman–Crippen MR) is 82.1 cm³/mol. The van der Waals surface area contributed by atoms with Crippen molar-refractivity contribution in [3.8, 4) is 11.1 Å². The average Bonchev–Trinajstić information content (AvgIpc) is 2.47. The first-order valence-corrected chi connectivity index (χ1v) is 6.68. The van der Waals surface area contributed by atoms with Crippen LogP contribution in [0.1, 0.15) is 25.3 Å². The Morgan fingerprint density at radius 1 is 0.842 bits per heavy atom. The predicted octanol–water partition coefficient (Wildman–Crippen LogP) is 2.93. The van der Waals surface area contributed by atoms with Gasteiger partial charge >= 0.3 is 7.69 Å². The second-order valence-corrected chi connectivity index (χ2v) is 4.31. The van der Waals surface area contributed by atoms with Gasteiger partial charge in [0.25, 0.3) is 0 Å². The highest BCUT2D eigenvalue weighted by Crippen LogP contribution is 2.19. The van der Waals surface area contributed by atoms with Crippen LogP contribution in [-0.2, 0) is 6.42 Å². The Bertz CT molecular complexity index is 440. The first-order valence-electron chi connectivity index (χ1n) is 6.68. The second-order valence-electron chi connectivity index (χ2n) is 4.31. The zero-order valence-corrected chi connectivity index (χ0v) is 11.4. The van der Waals surface area contributed by atoms with Gasteiger partial charge in [0.15, 0.2) is 0 Å². The van der Waals surface area contributed by atoms with E-state index in [-0.39, 0.29) is 0 Å². The molecule has 0 bridgehead atoms. The molecule has 0 unspecified atom stereocenters. The van der Waals surface area contributed by atoms with Crippen molar-refractivity contribution in [3.63, 3.8) is 0 Å². The van der Waals surface area contributed by atoms with Gasteiger partial charge in [-0.2, -0.15) is 0 Å². The zero-order valence-electron chi connectivity index (χ0n) is 11.4. The maximum Gasteiger partial charge on any atom is 0.432 e. The fourth-order valence-electron chi connectivity index (χ4n) is 1.88. The molecule has 0 radical (unpaired) electrons. The van der Waals surface area contributed by atoms with Crippen LogP contribution in [0.3, 0.4) is 0 Å². The largest absolute Gasteiger partial charge is 0.432 e. The second kappa shape index (κ2) is 9.37. The molecule has 2 N–H and O–H groups in total. The SMILES string of the molecule is CCCCc1ccc(-c2ccccc2)cc1.OBO.